The second-order valence-electron chi connectivity index (χ2n) is 3.73. The fourth-order valence-electron chi connectivity index (χ4n) is 1.72. The number of rotatable bonds is 4. The normalized spacial score (nSPS) is 11.4. The molecule has 0 aliphatic rings. The van der Waals surface area contributed by atoms with Crippen molar-refractivity contribution in [1.29, 1.82) is 0 Å². The highest BCUT2D eigenvalue weighted by Crippen LogP contribution is 2.23. The minimum Gasteiger partial charge on any atom is -0.281 e. The van der Waals surface area contributed by atoms with E-state index in [-0.39, 0.29) is 4.90 Å². The maximum Gasteiger partial charge on any atom is 0.267 e. The first-order valence-corrected chi connectivity index (χ1v) is 6.94. The molecule has 2 aromatic rings. The van der Waals surface area contributed by atoms with Gasteiger partial charge in [0.2, 0.25) is 0 Å². The minimum atomic E-state index is -3.58. The standard InChI is InChI=1S/C11H14N4O2S/c1-3-15(10-4-6-12-7-5-10)18(16,17)11-8-13-14-9(11)2/h4-8H,3H2,1-2H3,(H,13,14). The molecular weight excluding hydrogens is 252 g/mol. The van der Waals surface area contributed by atoms with Gasteiger partial charge in [-0.25, -0.2) is 8.42 Å². The van der Waals surface area contributed by atoms with Gasteiger partial charge in [0.15, 0.2) is 0 Å². The van der Waals surface area contributed by atoms with Gasteiger partial charge >= 0.3 is 0 Å². The number of nitrogens with one attached hydrogen (secondary N) is 1. The van der Waals surface area contributed by atoms with E-state index in [1.807, 2.05) is 0 Å². The quantitative estimate of drug-likeness (QED) is 0.905. The molecule has 0 atom stereocenters. The van der Waals surface area contributed by atoms with Crippen LogP contribution in [0.5, 0.6) is 0 Å². The number of hydrogen-bond acceptors (Lipinski definition) is 4. The third kappa shape index (κ3) is 2.08. The van der Waals surface area contributed by atoms with Gasteiger partial charge in [-0.1, -0.05) is 0 Å². The average Bonchev–Trinajstić information content (AvgIpc) is 2.78. The first kappa shape index (κ1) is 12.6. The molecule has 0 amide bonds. The van der Waals surface area contributed by atoms with Crippen LogP contribution in [-0.4, -0.2) is 30.1 Å². The highest BCUT2D eigenvalue weighted by atomic mass is 32.2. The number of aromatic amines is 1. The summed E-state index contributed by atoms with van der Waals surface area (Å²) in [7, 11) is -3.58. The molecule has 6 nitrogen and oxygen atoms in total. The van der Waals surface area contributed by atoms with Gasteiger partial charge in [-0.05, 0) is 26.0 Å². The number of sulfonamides is 1. The van der Waals surface area contributed by atoms with Gasteiger partial charge in [-0.15, -0.1) is 0 Å². The molecule has 0 saturated carbocycles. The molecule has 0 bridgehead atoms. The lowest BCUT2D eigenvalue weighted by Gasteiger charge is -2.22. The van der Waals surface area contributed by atoms with Crippen molar-refractivity contribution < 1.29 is 8.42 Å². The Morgan fingerprint density at radius 1 is 1.33 bits per heavy atom. The Morgan fingerprint density at radius 2 is 2.00 bits per heavy atom. The number of anilines is 1. The van der Waals surface area contributed by atoms with Crippen LogP contribution in [0.3, 0.4) is 0 Å². The SMILES string of the molecule is CCN(c1ccncc1)S(=O)(=O)c1cn[nH]c1C. The second-order valence-corrected chi connectivity index (χ2v) is 5.57. The molecule has 0 aromatic carbocycles. The van der Waals surface area contributed by atoms with E-state index in [4.69, 9.17) is 0 Å². The molecule has 2 rings (SSSR count). The molecule has 0 saturated heterocycles. The number of pyridine rings is 1. The van der Waals surface area contributed by atoms with Crippen LogP contribution in [-0.2, 0) is 10.0 Å². The van der Waals surface area contributed by atoms with E-state index in [9.17, 15) is 8.42 Å². The molecule has 0 unspecified atom stereocenters. The van der Waals surface area contributed by atoms with E-state index in [0.29, 0.717) is 17.9 Å². The van der Waals surface area contributed by atoms with Crippen molar-refractivity contribution >= 4 is 15.7 Å². The zero-order chi connectivity index (χ0) is 13.2. The van der Waals surface area contributed by atoms with Crippen molar-refractivity contribution in [3.05, 3.63) is 36.4 Å². The zero-order valence-electron chi connectivity index (χ0n) is 10.2. The molecule has 0 fully saturated rings. The van der Waals surface area contributed by atoms with Gasteiger partial charge in [0.05, 0.1) is 17.6 Å². The van der Waals surface area contributed by atoms with Crippen LogP contribution in [0, 0.1) is 6.92 Å². The topological polar surface area (TPSA) is 79.0 Å². The first-order valence-electron chi connectivity index (χ1n) is 5.50. The van der Waals surface area contributed by atoms with E-state index in [1.165, 1.54) is 10.5 Å². The summed E-state index contributed by atoms with van der Waals surface area (Å²) in [6, 6.07) is 3.33. The Balaban J connectivity index is 2.49. The fourth-order valence-corrected chi connectivity index (χ4v) is 3.32. The summed E-state index contributed by atoms with van der Waals surface area (Å²) in [4.78, 5) is 4.08. The summed E-state index contributed by atoms with van der Waals surface area (Å²) in [5.41, 5.74) is 1.12. The number of H-pyrrole nitrogens is 1. The van der Waals surface area contributed by atoms with Crippen LogP contribution in [0.25, 0.3) is 0 Å². The maximum atomic E-state index is 12.5. The lowest BCUT2D eigenvalue weighted by molar-refractivity contribution is 0.591. The van der Waals surface area contributed by atoms with Crippen LogP contribution in [0.1, 0.15) is 12.6 Å². The number of nitrogens with zero attached hydrogens (tertiary/aromatic N) is 3. The highest BCUT2D eigenvalue weighted by Gasteiger charge is 2.26. The predicted octanol–water partition coefficient (Wildman–Crippen LogP) is 1.33. The third-order valence-electron chi connectivity index (χ3n) is 2.59. The third-order valence-corrected chi connectivity index (χ3v) is 4.61. The average molecular weight is 266 g/mol. The Hall–Kier alpha value is -1.89. The van der Waals surface area contributed by atoms with E-state index in [0.717, 1.165) is 0 Å². The minimum absolute atomic E-state index is 0.196. The van der Waals surface area contributed by atoms with Gasteiger partial charge < -0.3 is 0 Å². The van der Waals surface area contributed by atoms with Crippen molar-refractivity contribution in [3.63, 3.8) is 0 Å². The van der Waals surface area contributed by atoms with Crippen LogP contribution >= 0.6 is 0 Å². The first-order chi connectivity index (χ1) is 8.57. The summed E-state index contributed by atoms with van der Waals surface area (Å²) < 4.78 is 26.3. The zero-order valence-corrected chi connectivity index (χ0v) is 11.0. The van der Waals surface area contributed by atoms with E-state index in [1.54, 1.807) is 38.4 Å². The summed E-state index contributed by atoms with van der Waals surface area (Å²) in [5.74, 6) is 0. The Morgan fingerprint density at radius 3 is 2.50 bits per heavy atom. The molecule has 18 heavy (non-hydrogen) atoms. The maximum absolute atomic E-state index is 12.5. The molecule has 0 radical (unpaired) electrons. The van der Waals surface area contributed by atoms with Gasteiger partial charge in [0, 0.05) is 18.9 Å². The second kappa shape index (κ2) is 4.77. The highest BCUT2D eigenvalue weighted by molar-refractivity contribution is 7.92. The number of aryl methyl sites for hydroxylation is 1. The Kier molecular flexibility index (Phi) is 3.33. The molecule has 0 spiro atoms. The van der Waals surface area contributed by atoms with Crippen molar-refractivity contribution in [3.8, 4) is 0 Å². The smallest absolute Gasteiger partial charge is 0.267 e. The van der Waals surface area contributed by atoms with Crippen molar-refractivity contribution in [2.45, 2.75) is 18.7 Å². The summed E-state index contributed by atoms with van der Waals surface area (Å²) in [5, 5.41) is 6.39. The Labute approximate surface area is 106 Å². The molecule has 2 aromatic heterocycles. The lowest BCUT2D eigenvalue weighted by Crippen LogP contribution is -2.30. The summed E-state index contributed by atoms with van der Waals surface area (Å²) >= 11 is 0. The van der Waals surface area contributed by atoms with Crippen molar-refractivity contribution in [1.82, 2.24) is 15.2 Å². The molecule has 2 heterocycles. The molecule has 0 aliphatic heterocycles. The van der Waals surface area contributed by atoms with Crippen molar-refractivity contribution in [2.75, 3.05) is 10.8 Å². The number of aromatic nitrogens is 3. The largest absolute Gasteiger partial charge is 0.281 e. The molecule has 0 aliphatic carbocycles. The van der Waals surface area contributed by atoms with E-state index in [2.05, 4.69) is 15.2 Å². The van der Waals surface area contributed by atoms with Crippen LogP contribution in [0.4, 0.5) is 5.69 Å². The van der Waals surface area contributed by atoms with Crippen LogP contribution < -0.4 is 4.31 Å². The monoisotopic (exact) mass is 266 g/mol. The molecule has 1 N–H and O–H groups in total. The molecule has 7 heteroatoms. The van der Waals surface area contributed by atoms with E-state index < -0.39 is 10.0 Å². The fraction of sp³-hybridized carbons (Fsp3) is 0.273. The van der Waals surface area contributed by atoms with E-state index >= 15 is 0 Å². The van der Waals surface area contributed by atoms with Gasteiger partial charge in [0.1, 0.15) is 4.90 Å². The van der Waals surface area contributed by atoms with Crippen LogP contribution in [0.2, 0.25) is 0 Å². The summed E-state index contributed by atoms with van der Waals surface area (Å²) in [6.45, 7) is 3.81. The number of hydrogen-bond donors (Lipinski definition) is 1. The Bertz CT molecular complexity index is 622. The molecule has 96 valence electrons. The predicted molar refractivity (Wildman–Crippen MR) is 67.8 cm³/mol. The van der Waals surface area contributed by atoms with Gasteiger partial charge in [-0.3, -0.25) is 14.4 Å². The summed E-state index contributed by atoms with van der Waals surface area (Å²) in [6.07, 6.45) is 4.46. The lowest BCUT2D eigenvalue weighted by atomic mass is 10.4. The van der Waals surface area contributed by atoms with Gasteiger partial charge in [0.25, 0.3) is 10.0 Å². The van der Waals surface area contributed by atoms with Crippen molar-refractivity contribution in [2.24, 2.45) is 0 Å². The van der Waals surface area contributed by atoms with Crippen LogP contribution in [0.15, 0.2) is 35.6 Å². The van der Waals surface area contributed by atoms with Gasteiger partial charge in [-0.2, -0.15) is 5.10 Å². The molecular formula is C11H14N4O2S.